The van der Waals surface area contributed by atoms with Crippen LogP contribution >= 0.6 is 0 Å². The van der Waals surface area contributed by atoms with E-state index in [2.05, 4.69) is 5.32 Å². The summed E-state index contributed by atoms with van der Waals surface area (Å²) in [5, 5.41) is 3.17. The fourth-order valence-electron chi connectivity index (χ4n) is 3.97. The molecule has 27 heavy (non-hydrogen) atoms. The Bertz CT molecular complexity index is 819. The van der Waals surface area contributed by atoms with Gasteiger partial charge in [-0.2, -0.15) is 0 Å². The lowest BCUT2D eigenvalue weighted by Crippen LogP contribution is -2.48. The van der Waals surface area contributed by atoms with Crippen molar-refractivity contribution in [3.8, 4) is 5.75 Å². The molecule has 2 heterocycles. The van der Waals surface area contributed by atoms with Gasteiger partial charge in [0.25, 0.3) is 0 Å². The molecule has 0 bridgehead atoms. The summed E-state index contributed by atoms with van der Waals surface area (Å²) in [6.07, 6.45) is 2.11. The molecule has 2 aliphatic rings. The predicted molar refractivity (Wildman–Crippen MR) is 105 cm³/mol. The van der Waals surface area contributed by atoms with Crippen molar-refractivity contribution in [1.82, 2.24) is 9.62 Å². The largest absolute Gasteiger partial charge is 0.487 e. The second kappa shape index (κ2) is 7.43. The second-order valence-corrected chi connectivity index (χ2v) is 10.5. The molecule has 7 heteroatoms. The zero-order valence-electron chi connectivity index (χ0n) is 16.6. The summed E-state index contributed by atoms with van der Waals surface area (Å²) in [5.41, 5.74) is 1.73. The lowest BCUT2D eigenvalue weighted by atomic mass is 9.88. The number of carbonyl (C=O) groups excluding carboxylic acids is 1. The Morgan fingerprint density at radius 3 is 2.81 bits per heavy atom. The highest BCUT2D eigenvalue weighted by Gasteiger charge is 2.37. The monoisotopic (exact) mass is 394 g/mol. The van der Waals surface area contributed by atoms with Gasteiger partial charge in [0.2, 0.25) is 15.9 Å². The Balaban J connectivity index is 1.76. The molecule has 0 spiro atoms. The number of hydrogen-bond donors (Lipinski definition) is 1. The number of hydrogen-bond acceptors (Lipinski definition) is 4. The first kappa shape index (κ1) is 20.1. The van der Waals surface area contributed by atoms with E-state index in [0.717, 1.165) is 23.3 Å². The van der Waals surface area contributed by atoms with Gasteiger partial charge in [-0.25, -0.2) is 12.7 Å². The number of benzene rings is 1. The zero-order valence-corrected chi connectivity index (χ0v) is 17.4. The maximum absolute atomic E-state index is 12.9. The molecule has 1 saturated heterocycles. The minimum atomic E-state index is -3.26. The molecule has 0 aromatic heterocycles. The highest BCUT2D eigenvalue weighted by molar-refractivity contribution is 7.89. The van der Waals surface area contributed by atoms with Gasteiger partial charge in [0.15, 0.2) is 0 Å². The lowest BCUT2D eigenvalue weighted by Gasteiger charge is -2.39. The summed E-state index contributed by atoms with van der Waals surface area (Å²) >= 11 is 0. The van der Waals surface area contributed by atoms with E-state index in [1.165, 1.54) is 4.31 Å². The molecule has 2 aliphatic heterocycles. The highest BCUT2D eigenvalue weighted by atomic mass is 32.2. The topological polar surface area (TPSA) is 75.7 Å². The number of rotatable bonds is 4. The van der Waals surface area contributed by atoms with Crippen molar-refractivity contribution in [2.24, 2.45) is 5.92 Å². The van der Waals surface area contributed by atoms with Crippen LogP contribution in [-0.2, 0) is 14.8 Å². The number of nitrogens with one attached hydrogen (secondary N) is 1. The van der Waals surface area contributed by atoms with Crippen LogP contribution in [0, 0.1) is 12.8 Å². The molecule has 150 valence electrons. The normalized spacial score (nSPS) is 25.3. The minimum absolute atomic E-state index is 0.0692. The summed E-state index contributed by atoms with van der Waals surface area (Å²) in [6, 6.07) is 5.91. The standard InChI is InChI=1S/C20H30N2O4S/c1-5-27(24,25)22-10-6-7-15(13-22)19(23)21-17-12-20(3,4)26-18-11-14(2)8-9-16(17)18/h8-9,11,15,17H,5-7,10,12-13H2,1-4H3,(H,21,23)/t15-,17-/m1/s1. The molecule has 6 nitrogen and oxygen atoms in total. The third kappa shape index (κ3) is 4.46. The van der Waals surface area contributed by atoms with Crippen LogP contribution in [0.1, 0.15) is 57.2 Å². The van der Waals surface area contributed by atoms with E-state index in [0.29, 0.717) is 19.4 Å². The number of ether oxygens (including phenoxy) is 1. The SMILES string of the molecule is CCS(=O)(=O)N1CCC[C@@H](C(=O)N[C@@H]2CC(C)(C)Oc3cc(C)ccc32)C1. The maximum atomic E-state index is 12.9. The van der Waals surface area contributed by atoms with Crippen LogP contribution in [0.2, 0.25) is 0 Å². The van der Waals surface area contributed by atoms with Crippen molar-refractivity contribution >= 4 is 15.9 Å². The summed E-state index contributed by atoms with van der Waals surface area (Å²) in [5.74, 6) is 0.512. The van der Waals surface area contributed by atoms with Crippen LogP contribution in [0.5, 0.6) is 5.75 Å². The van der Waals surface area contributed by atoms with Gasteiger partial charge in [0, 0.05) is 25.1 Å². The predicted octanol–water partition coefficient (Wildman–Crippen LogP) is 2.78. The molecule has 1 aromatic rings. The molecular weight excluding hydrogens is 364 g/mol. The van der Waals surface area contributed by atoms with Gasteiger partial charge in [-0.1, -0.05) is 12.1 Å². The quantitative estimate of drug-likeness (QED) is 0.852. The Kier molecular flexibility index (Phi) is 5.54. The van der Waals surface area contributed by atoms with E-state index in [-0.39, 0.29) is 35.8 Å². The number of carbonyl (C=O) groups is 1. The Morgan fingerprint density at radius 2 is 2.11 bits per heavy atom. The van der Waals surface area contributed by atoms with Crippen LogP contribution in [0.4, 0.5) is 0 Å². The molecule has 0 radical (unpaired) electrons. The van der Waals surface area contributed by atoms with E-state index in [1.807, 2.05) is 39.0 Å². The van der Waals surface area contributed by atoms with E-state index in [1.54, 1.807) is 6.92 Å². The van der Waals surface area contributed by atoms with Gasteiger partial charge in [-0.05, 0) is 52.2 Å². The fourth-order valence-corrected chi connectivity index (χ4v) is 5.15. The first-order valence-corrected chi connectivity index (χ1v) is 11.3. The summed E-state index contributed by atoms with van der Waals surface area (Å²) in [4.78, 5) is 12.9. The van der Waals surface area contributed by atoms with Crippen molar-refractivity contribution < 1.29 is 17.9 Å². The number of fused-ring (bicyclic) bond motifs is 1. The molecule has 0 aliphatic carbocycles. The van der Waals surface area contributed by atoms with Crippen LogP contribution in [-0.4, -0.2) is 43.1 Å². The van der Waals surface area contributed by atoms with Crippen molar-refractivity contribution in [2.75, 3.05) is 18.8 Å². The van der Waals surface area contributed by atoms with Crippen LogP contribution < -0.4 is 10.1 Å². The third-order valence-electron chi connectivity index (χ3n) is 5.46. The smallest absolute Gasteiger partial charge is 0.224 e. The Morgan fingerprint density at radius 1 is 1.37 bits per heavy atom. The molecule has 0 unspecified atom stereocenters. The van der Waals surface area contributed by atoms with Gasteiger partial charge in [0.1, 0.15) is 11.4 Å². The van der Waals surface area contributed by atoms with Crippen molar-refractivity contribution in [2.45, 2.75) is 58.6 Å². The molecule has 1 fully saturated rings. The molecule has 0 saturated carbocycles. The second-order valence-electron chi connectivity index (χ2n) is 8.27. The van der Waals surface area contributed by atoms with E-state index < -0.39 is 10.0 Å². The van der Waals surface area contributed by atoms with Gasteiger partial charge in [-0.3, -0.25) is 4.79 Å². The van der Waals surface area contributed by atoms with Gasteiger partial charge >= 0.3 is 0 Å². The highest BCUT2D eigenvalue weighted by Crippen LogP contribution is 2.40. The molecule has 1 aromatic carbocycles. The maximum Gasteiger partial charge on any atom is 0.224 e. The molecular formula is C20H30N2O4S. The summed E-state index contributed by atoms with van der Waals surface area (Å²) < 4.78 is 31.9. The van der Waals surface area contributed by atoms with Gasteiger partial charge in [0.05, 0.1) is 17.7 Å². The van der Waals surface area contributed by atoms with Crippen molar-refractivity contribution in [3.63, 3.8) is 0 Å². The van der Waals surface area contributed by atoms with E-state index >= 15 is 0 Å². The van der Waals surface area contributed by atoms with E-state index in [4.69, 9.17) is 4.74 Å². The third-order valence-corrected chi connectivity index (χ3v) is 7.30. The van der Waals surface area contributed by atoms with Crippen molar-refractivity contribution in [1.29, 1.82) is 0 Å². The Hall–Kier alpha value is -1.60. The molecule has 3 rings (SSSR count). The fraction of sp³-hybridized carbons (Fsp3) is 0.650. The minimum Gasteiger partial charge on any atom is -0.487 e. The lowest BCUT2D eigenvalue weighted by molar-refractivity contribution is -0.127. The van der Waals surface area contributed by atoms with Crippen molar-refractivity contribution in [3.05, 3.63) is 29.3 Å². The number of piperidine rings is 1. The van der Waals surface area contributed by atoms with Crippen LogP contribution in [0.3, 0.4) is 0 Å². The molecule has 1 N–H and O–H groups in total. The number of nitrogens with zero attached hydrogens (tertiary/aromatic N) is 1. The first-order valence-electron chi connectivity index (χ1n) is 9.69. The molecule has 2 atom stereocenters. The average Bonchev–Trinajstić information content (AvgIpc) is 2.60. The number of aryl methyl sites for hydroxylation is 1. The first-order chi connectivity index (χ1) is 12.6. The van der Waals surface area contributed by atoms with Crippen LogP contribution in [0.15, 0.2) is 18.2 Å². The molecule has 1 amide bonds. The van der Waals surface area contributed by atoms with E-state index in [9.17, 15) is 13.2 Å². The average molecular weight is 395 g/mol. The van der Waals surface area contributed by atoms with Gasteiger partial charge in [-0.15, -0.1) is 0 Å². The number of amides is 1. The van der Waals surface area contributed by atoms with Crippen LogP contribution in [0.25, 0.3) is 0 Å². The summed E-state index contributed by atoms with van der Waals surface area (Å²) in [6.45, 7) is 8.48. The summed E-state index contributed by atoms with van der Waals surface area (Å²) in [7, 11) is -3.26. The zero-order chi connectivity index (χ0) is 19.8. The Labute approximate surface area is 162 Å². The van der Waals surface area contributed by atoms with Gasteiger partial charge < -0.3 is 10.1 Å². The number of sulfonamides is 1.